The second-order valence-electron chi connectivity index (χ2n) is 5.57. The third-order valence-electron chi connectivity index (χ3n) is 3.68. The zero-order valence-corrected chi connectivity index (χ0v) is 15.8. The van der Waals surface area contributed by atoms with Gasteiger partial charge in [0.05, 0.1) is 32.1 Å². The van der Waals surface area contributed by atoms with Crippen molar-refractivity contribution in [2.24, 2.45) is 0 Å². The molecule has 7 nitrogen and oxygen atoms in total. The largest absolute Gasteiger partial charge is 0.497 e. The van der Waals surface area contributed by atoms with Crippen molar-refractivity contribution in [3.05, 3.63) is 48.0 Å². The molecule has 1 N–H and O–H groups in total. The molecule has 144 valence electrons. The van der Waals surface area contributed by atoms with Gasteiger partial charge in [-0.3, -0.25) is 4.79 Å². The van der Waals surface area contributed by atoms with Crippen LogP contribution < -0.4 is 19.5 Å². The van der Waals surface area contributed by atoms with Gasteiger partial charge in [-0.25, -0.2) is 4.79 Å². The summed E-state index contributed by atoms with van der Waals surface area (Å²) >= 11 is 0. The van der Waals surface area contributed by atoms with Crippen LogP contribution in [-0.4, -0.2) is 38.8 Å². The van der Waals surface area contributed by atoms with Crippen LogP contribution in [0.1, 0.15) is 24.2 Å². The molecule has 7 heteroatoms. The Bertz CT molecular complexity index is 783. The van der Waals surface area contributed by atoms with Crippen LogP contribution >= 0.6 is 0 Å². The summed E-state index contributed by atoms with van der Waals surface area (Å²) in [4.78, 5) is 24.8. The molecule has 0 spiro atoms. The molecule has 27 heavy (non-hydrogen) atoms. The number of hydrogen-bond donors (Lipinski definition) is 1. The fourth-order valence-electron chi connectivity index (χ4n) is 2.29. The predicted molar refractivity (Wildman–Crippen MR) is 101 cm³/mol. The number of benzene rings is 2. The molecule has 0 unspecified atom stereocenters. The molecule has 2 rings (SSSR count). The summed E-state index contributed by atoms with van der Waals surface area (Å²) in [5.41, 5.74) is 0.732. The van der Waals surface area contributed by atoms with Gasteiger partial charge in [-0.15, -0.1) is 0 Å². The smallest absolute Gasteiger partial charge is 0.339 e. The normalized spacial score (nSPS) is 11.3. The molecule has 0 aliphatic heterocycles. The predicted octanol–water partition coefficient (Wildman–Crippen LogP) is 3.29. The molecule has 1 atom stereocenters. The van der Waals surface area contributed by atoms with E-state index in [9.17, 15) is 9.59 Å². The van der Waals surface area contributed by atoms with E-state index in [2.05, 4.69) is 5.32 Å². The molecular formula is C20H23NO6. The van der Waals surface area contributed by atoms with Crippen LogP contribution in [0.25, 0.3) is 0 Å². The number of anilines is 1. The quantitative estimate of drug-likeness (QED) is 0.715. The second-order valence-corrected chi connectivity index (χ2v) is 5.57. The van der Waals surface area contributed by atoms with Crippen molar-refractivity contribution in [2.75, 3.05) is 26.1 Å². The highest BCUT2D eigenvalue weighted by Crippen LogP contribution is 2.25. The third-order valence-corrected chi connectivity index (χ3v) is 3.68. The van der Waals surface area contributed by atoms with Crippen LogP contribution in [-0.2, 0) is 9.53 Å². The Balaban J connectivity index is 2.07. The standard InChI is InChI=1S/C20H23NO6/c1-5-26-18-9-7-6-8-17(18)21-19(22)13(2)27-20(23)14-10-15(24-3)12-16(11-14)25-4/h6-13H,5H2,1-4H3,(H,21,22)/t13-/m0/s1. The summed E-state index contributed by atoms with van der Waals surface area (Å²) in [7, 11) is 2.96. The SMILES string of the molecule is CCOc1ccccc1NC(=O)[C@H](C)OC(=O)c1cc(OC)cc(OC)c1. The van der Waals surface area contributed by atoms with E-state index in [-0.39, 0.29) is 5.56 Å². The van der Waals surface area contributed by atoms with E-state index in [1.54, 1.807) is 30.3 Å². The first kappa shape index (κ1) is 20.1. The molecule has 2 aromatic rings. The molecule has 0 saturated carbocycles. The molecular weight excluding hydrogens is 350 g/mol. The topological polar surface area (TPSA) is 83.1 Å². The average molecular weight is 373 g/mol. The molecule has 0 heterocycles. The summed E-state index contributed by atoms with van der Waals surface area (Å²) in [6, 6.07) is 11.7. The van der Waals surface area contributed by atoms with Crippen LogP contribution in [0.4, 0.5) is 5.69 Å². The first-order chi connectivity index (χ1) is 13.0. The van der Waals surface area contributed by atoms with Crippen molar-refractivity contribution in [3.8, 4) is 17.2 Å². The Morgan fingerprint density at radius 3 is 2.26 bits per heavy atom. The van der Waals surface area contributed by atoms with Gasteiger partial charge >= 0.3 is 5.97 Å². The lowest BCUT2D eigenvalue weighted by Crippen LogP contribution is -2.30. The molecule has 0 fully saturated rings. The van der Waals surface area contributed by atoms with Crippen molar-refractivity contribution < 1.29 is 28.5 Å². The van der Waals surface area contributed by atoms with Crippen molar-refractivity contribution >= 4 is 17.6 Å². The van der Waals surface area contributed by atoms with Gasteiger partial charge in [-0.2, -0.15) is 0 Å². The monoisotopic (exact) mass is 373 g/mol. The fourth-order valence-corrected chi connectivity index (χ4v) is 2.29. The zero-order valence-electron chi connectivity index (χ0n) is 15.8. The highest BCUT2D eigenvalue weighted by atomic mass is 16.5. The minimum absolute atomic E-state index is 0.223. The number of methoxy groups -OCH3 is 2. The third kappa shape index (κ3) is 5.37. The Hall–Kier alpha value is -3.22. The van der Waals surface area contributed by atoms with E-state index in [1.165, 1.54) is 33.3 Å². The van der Waals surface area contributed by atoms with Gasteiger partial charge in [0.2, 0.25) is 0 Å². The van der Waals surface area contributed by atoms with Crippen molar-refractivity contribution in [1.82, 2.24) is 0 Å². The summed E-state index contributed by atoms with van der Waals surface area (Å²) in [5, 5.41) is 2.71. The van der Waals surface area contributed by atoms with Gasteiger partial charge in [0.15, 0.2) is 6.10 Å². The van der Waals surface area contributed by atoms with Gasteiger partial charge in [0, 0.05) is 6.07 Å². The molecule has 0 aliphatic carbocycles. The minimum Gasteiger partial charge on any atom is -0.497 e. The number of rotatable bonds is 8. The molecule has 0 saturated heterocycles. The summed E-state index contributed by atoms with van der Waals surface area (Å²) < 4.78 is 21.0. The first-order valence-electron chi connectivity index (χ1n) is 8.45. The second kappa shape index (κ2) is 9.47. The van der Waals surface area contributed by atoms with E-state index in [0.717, 1.165) is 0 Å². The highest BCUT2D eigenvalue weighted by Gasteiger charge is 2.21. The van der Waals surface area contributed by atoms with Crippen LogP contribution in [0.15, 0.2) is 42.5 Å². The van der Waals surface area contributed by atoms with Crippen molar-refractivity contribution in [1.29, 1.82) is 0 Å². The van der Waals surface area contributed by atoms with Crippen molar-refractivity contribution in [3.63, 3.8) is 0 Å². The van der Waals surface area contributed by atoms with Gasteiger partial charge in [-0.1, -0.05) is 12.1 Å². The van der Waals surface area contributed by atoms with E-state index in [0.29, 0.717) is 29.5 Å². The number of esters is 1. The first-order valence-corrected chi connectivity index (χ1v) is 8.45. The van der Waals surface area contributed by atoms with Crippen LogP contribution in [0, 0.1) is 0 Å². The van der Waals surface area contributed by atoms with E-state index < -0.39 is 18.0 Å². The maximum atomic E-state index is 12.4. The maximum absolute atomic E-state index is 12.4. The van der Waals surface area contributed by atoms with Crippen LogP contribution in [0.5, 0.6) is 17.2 Å². The molecule has 2 aromatic carbocycles. The van der Waals surface area contributed by atoms with Gasteiger partial charge < -0.3 is 24.3 Å². The lowest BCUT2D eigenvalue weighted by atomic mass is 10.2. The zero-order chi connectivity index (χ0) is 19.8. The van der Waals surface area contributed by atoms with E-state index >= 15 is 0 Å². The van der Waals surface area contributed by atoms with E-state index in [1.807, 2.05) is 6.92 Å². The minimum atomic E-state index is -1.01. The number of carbonyl (C=O) groups excluding carboxylic acids is 2. The van der Waals surface area contributed by atoms with Gasteiger partial charge in [0.25, 0.3) is 5.91 Å². The number of para-hydroxylation sites is 2. The van der Waals surface area contributed by atoms with Gasteiger partial charge in [-0.05, 0) is 38.1 Å². The number of nitrogens with one attached hydrogen (secondary N) is 1. The molecule has 1 amide bonds. The Kier molecular flexibility index (Phi) is 7.05. The molecule has 0 aliphatic rings. The Labute approximate surface area is 158 Å². The number of ether oxygens (including phenoxy) is 4. The highest BCUT2D eigenvalue weighted by molar-refractivity contribution is 5.98. The van der Waals surface area contributed by atoms with Crippen LogP contribution in [0.2, 0.25) is 0 Å². The molecule has 0 aromatic heterocycles. The van der Waals surface area contributed by atoms with Crippen LogP contribution in [0.3, 0.4) is 0 Å². The fraction of sp³-hybridized carbons (Fsp3) is 0.300. The summed E-state index contributed by atoms with van der Waals surface area (Å²) in [6.07, 6.45) is -1.01. The number of hydrogen-bond acceptors (Lipinski definition) is 6. The Morgan fingerprint density at radius 2 is 1.67 bits per heavy atom. The molecule has 0 radical (unpaired) electrons. The van der Waals surface area contributed by atoms with Gasteiger partial charge in [0.1, 0.15) is 17.2 Å². The number of carbonyl (C=O) groups is 2. The maximum Gasteiger partial charge on any atom is 0.339 e. The van der Waals surface area contributed by atoms with Crippen molar-refractivity contribution in [2.45, 2.75) is 20.0 Å². The molecule has 0 bridgehead atoms. The van der Waals surface area contributed by atoms with E-state index in [4.69, 9.17) is 18.9 Å². The number of amides is 1. The summed E-state index contributed by atoms with van der Waals surface area (Å²) in [5.74, 6) is 0.316. The lowest BCUT2D eigenvalue weighted by molar-refractivity contribution is -0.123. The Morgan fingerprint density at radius 1 is 1.04 bits per heavy atom. The average Bonchev–Trinajstić information content (AvgIpc) is 2.68. The summed E-state index contributed by atoms with van der Waals surface area (Å²) in [6.45, 7) is 3.81. The lowest BCUT2D eigenvalue weighted by Gasteiger charge is -2.16.